The Balaban J connectivity index is 2.31. The lowest BCUT2D eigenvalue weighted by molar-refractivity contribution is 0.0652. The quantitative estimate of drug-likeness (QED) is 0.489. The maximum Gasteiger partial charge on any atom is 0.254 e. The number of pyridine rings is 1. The summed E-state index contributed by atoms with van der Waals surface area (Å²) in [6, 6.07) is 3.18. The van der Waals surface area contributed by atoms with E-state index in [0.29, 0.717) is 11.4 Å². The third kappa shape index (κ3) is 2.42. The molecule has 2 rings (SSSR count). The second-order valence-electron chi connectivity index (χ2n) is 5.08. The van der Waals surface area contributed by atoms with Crippen LogP contribution in [0.1, 0.15) is 37.0 Å². The number of hydrogen-bond acceptors (Lipinski definition) is 4. The molecular formula is C12H17ClN4O. The molecule has 6 heteroatoms. The van der Waals surface area contributed by atoms with E-state index in [1.807, 2.05) is 4.90 Å². The maximum absolute atomic E-state index is 12.5. The van der Waals surface area contributed by atoms with Gasteiger partial charge in [-0.15, -0.1) is 0 Å². The summed E-state index contributed by atoms with van der Waals surface area (Å²) in [6.07, 6.45) is 2.04. The summed E-state index contributed by atoms with van der Waals surface area (Å²) in [4.78, 5) is 18.3. The lowest BCUT2D eigenvalue weighted by Gasteiger charge is -2.31. The lowest BCUT2D eigenvalue weighted by Crippen LogP contribution is -2.42. The highest BCUT2D eigenvalue weighted by atomic mass is 35.5. The van der Waals surface area contributed by atoms with Gasteiger partial charge >= 0.3 is 0 Å². The van der Waals surface area contributed by atoms with E-state index in [0.717, 1.165) is 19.4 Å². The molecule has 1 aliphatic heterocycles. The van der Waals surface area contributed by atoms with Crippen molar-refractivity contribution in [2.24, 2.45) is 5.84 Å². The number of nitrogen functional groups attached to an aromatic ring is 1. The van der Waals surface area contributed by atoms with E-state index in [1.54, 1.807) is 12.1 Å². The van der Waals surface area contributed by atoms with Gasteiger partial charge in [-0.05, 0) is 38.8 Å². The van der Waals surface area contributed by atoms with Crippen LogP contribution in [-0.4, -0.2) is 27.9 Å². The third-order valence-corrected chi connectivity index (χ3v) is 3.53. The number of amides is 1. The first-order valence-corrected chi connectivity index (χ1v) is 6.28. The molecule has 18 heavy (non-hydrogen) atoms. The minimum Gasteiger partial charge on any atom is -0.334 e. The van der Waals surface area contributed by atoms with Crippen molar-refractivity contribution < 1.29 is 4.79 Å². The first-order valence-electron chi connectivity index (χ1n) is 5.90. The monoisotopic (exact) mass is 268 g/mol. The van der Waals surface area contributed by atoms with Gasteiger partial charge in [-0.1, -0.05) is 11.6 Å². The smallest absolute Gasteiger partial charge is 0.254 e. The van der Waals surface area contributed by atoms with Crippen molar-refractivity contribution in [3.05, 3.63) is 22.8 Å². The van der Waals surface area contributed by atoms with E-state index in [-0.39, 0.29) is 16.6 Å². The molecule has 0 unspecified atom stereocenters. The topological polar surface area (TPSA) is 71.2 Å². The van der Waals surface area contributed by atoms with Crippen molar-refractivity contribution in [3.8, 4) is 0 Å². The standard InChI is InChI=1S/C12H17ClN4O/c1-12(2)4-3-5-17(12)11(18)8-6-9(13)15-10(7-8)16-14/h6-7H,3-5,14H2,1-2H3,(H,15,16). The molecule has 0 saturated carbocycles. The number of hydrazine groups is 1. The Bertz CT molecular complexity index is 475. The van der Waals surface area contributed by atoms with Gasteiger partial charge in [0.2, 0.25) is 0 Å². The Morgan fingerprint density at radius 3 is 2.83 bits per heavy atom. The molecule has 0 radical (unpaired) electrons. The molecule has 0 atom stereocenters. The fourth-order valence-corrected chi connectivity index (χ4v) is 2.54. The van der Waals surface area contributed by atoms with Crippen LogP contribution >= 0.6 is 11.6 Å². The van der Waals surface area contributed by atoms with Crippen LogP contribution in [0.25, 0.3) is 0 Å². The van der Waals surface area contributed by atoms with Crippen LogP contribution in [0.3, 0.4) is 0 Å². The first-order chi connectivity index (χ1) is 8.44. The summed E-state index contributed by atoms with van der Waals surface area (Å²) in [5.74, 6) is 5.66. The molecule has 1 aromatic heterocycles. The van der Waals surface area contributed by atoms with Crippen LogP contribution in [0, 0.1) is 0 Å². The molecule has 0 bridgehead atoms. The van der Waals surface area contributed by atoms with Gasteiger partial charge < -0.3 is 10.3 Å². The zero-order valence-corrected chi connectivity index (χ0v) is 11.3. The summed E-state index contributed by atoms with van der Waals surface area (Å²) in [7, 11) is 0. The third-order valence-electron chi connectivity index (χ3n) is 3.34. The summed E-state index contributed by atoms with van der Waals surface area (Å²) < 4.78 is 0. The Morgan fingerprint density at radius 1 is 1.56 bits per heavy atom. The fraction of sp³-hybridized carbons (Fsp3) is 0.500. The molecule has 5 nitrogen and oxygen atoms in total. The molecule has 1 aliphatic rings. The lowest BCUT2D eigenvalue weighted by atomic mass is 10.0. The van der Waals surface area contributed by atoms with Crippen molar-refractivity contribution >= 4 is 23.3 Å². The van der Waals surface area contributed by atoms with E-state index in [9.17, 15) is 4.79 Å². The summed E-state index contributed by atoms with van der Waals surface area (Å²) in [5.41, 5.74) is 2.81. The Kier molecular flexibility index (Phi) is 3.45. The predicted molar refractivity (Wildman–Crippen MR) is 71.4 cm³/mol. The molecule has 3 N–H and O–H groups in total. The van der Waals surface area contributed by atoms with Gasteiger partial charge in [0.25, 0.3) is 5.91 Å². The van der Waals surface area contributed by atoms with Crippen molar-refractivity contribution in [1.29, 1.82) is 0 Å². The second kappa shape index (κ2) is 4.74. The number of carbonyl (C=O) groups is 1. The van der Waals surface area contributed by atoms with Crippen molar-refractivity contribution in [1.82, 2.24) is 9.88 Å². The Labute approximate surface area is 111 Å². The summed E-state index contributed by atoms with van der Waals surface area (Å²) in [5, 5.41) is 0.255. The summed E-state index contributed by atoms with van der Waals surface area (Å²) >= 11 is 5.87. The molecule has 2 heterocycles. The average molecular weight is 269 g/mol. The first kappa shape index (κ1) is 13.1. The Hall–Kier alpha value is -1.33. The number of nitrogens with one attached hydrogen (secondary N) is 1. The minimum absolute atomic E-state index is 0.0294. The van der Waals surface area contributed by atoms with Gasteiger partial charge in [0.15, 0.2) is 0 Å². The number of aromatic nitrogens is 1. The zero-order valence-electron chi connectivity index (χ0n) is 10.5. The van der Waals surface area contributed by atoms with Gasteiger partial charge in [0.1, 0.15) is 11.0 Å². The van der Waals surface area contributed by atoms with Crippen molar-refractivity contribution in [2.75, 3.05) is 12.0 Å². The van der Waals surface area contributed by atoms with Gasteiger partial charge in [-0.2, -0.15) is 0 Å². The van der Waals surface area contributed by atoms with Crippen LogP contribution < -0.4 is 11.3 Å². The number of rotatable bonds is 2. The molecule has 1 aromatic rings. The number of nitrogens with zero attached hydrogens (tertiary/aromatic N) is 2. The molecule has 98 valence electrons. The normalized spacial score (nSPS) is 17.9. The maximum atomic E-state index is 12.5. The van der Waals surface area contributed by atoms with Crippen molar-refractivity contribution in [3.63, 3.8) is 0 Å². The van der Waals surface area contributed by atoms with Crippen LogP contribution in [-0.2, 0) is 0 Å². The number of halogens is 1. The molecule has 0 spiro atoms. The van der Waals surface area contributed by atoms with Crippen molar-refractivity contribution in [2.45, 2.75) is 32.2 Å². The highest BCUT2D eigenvalue weighted by molar-refractivity contribution is 6.29. The van der Waals surface area contributed by atoms with Gasteiger partial charge in [0, 0.05) is 17.6 Å². The predicted octanol–water partition coefficient (Wildman–Crippen LogP) is 2.04. The van der Waals surface area contributed by atoms with E-state index in [2.05, 4.69) is 24.3 Å². The van der Waals surface area contributed by atoms with E-state index < -0.39 is 0 Å². The number of anilines is 1. The van der Waals surface area contributed by atoms with Crippen LogP contribution in [0.15, 0.2) is 12.1 Å². The highest BCUT2D eigenvalue weighted by Gasteiger charge is 2.35. The SMILES string of the molecule is CC1(C)CCCN1C(=O)c1cc(Cl)nc(NN)c1. The van der Waals surface area contributed by atoms with Gasteiger partial charge in [-0.3, -0.25) is 4.79 Å². The average Bonchev–Trinajstić information content (AvgIpc) is 2.67. The highest BCUT2D eigenvalue weighted by Crippen LogP contribution is 2.30. The van der Waals surface area contributed by atoms with Crippen LogP contribution in [0.4, 0.5) is 5.82 Å². The molecule has 1 saturated heterocycles. The fourth-order valence-electron chi connectivity index (χ4n) is 2.33. The van der Waals surface area contributed by atoms with Gasteiger partial charge in [0.05, 0.1) is 0 Å². The molecule has 1 amide bonds. The molecule has 0 aliphatic carbocycles. The van der Waals surface area contributed by atoms with E-state index in [1.165, 1.54) is 0 Å². The number of nitrogens with two attached hydrogens (primary N) is 1. The zero-order chi connectivity index (χ0) is 13.3. The van der Waals surface area contributed by atoms with E-state index in [4.69, 9.17) is 17.4 Å². The molecule has 1 fully saturated rings. The molecular weight excluding hydrogens is 252 g/mol. The van der Waals surface area contributed by atoms with Crippen LogP contribution in [0.5, 0.6) is 0 Å². The summed E-state index contributed by atoms with van der Waals surface area (Å²) in [6.45, 7) is 4.92. The largest absolute Gasteiger partial charge is 0.334 e. The number of hydrogen-bond donors (Lipinski definition) is 2. The molecule has 0 aromatic carbocycles. The minimum atomic E-state index is -0.108. The number of carbonyl (C=O) groups excluding carboxylic acids is 1. The van der Waals surface area contributed by atoms with E-state index >= 15 is 0 Å². The van der Waals surface area contributed by atoms with Gasteiger partial charge in [-0.25, -0.2) is 10.8 Å². The second-order valence-corrected chi connectivity index (χ2v) is 5.47. The number of likely N-dealkylation sites (tertiary alicyclic amines) is 1. The Morgan fingerprint density at radius 2 is 2.28 bits per heavy atom. The van der Waals surface area contributed by atoms with Crippen LogP contribution in [0.2, 0.25) is 5.15 Å².